The molecule has 0 unspecified atom stereocenters. The molecule has 0 bridgehead atoms. The van der Waals surface area contributed by atoms with Gasteiger partial charge in [-0.2, -0.15) is 0 Å². The molecule has 0 N–H and O–H groups in total. The minimum Gasteiger partial charge on any atom is -0.342 e. The molecule has 2 saturated heterocycles. The van der Waals surface area contributed by atoms with E-state index in [1.165, 1.54) is 12.8 Å². The van der Waals surface area contributed by atoms with Crippen LogP contribution in [0.5, 0.6) is 0 Å². The molecule has 2 aliphatic heterocycles. The lowest BCUT2D eigenvalue weighted by Gasteiger charge is -2.35. The smallest absolute Gasteiger partial charge is 0.232 e. The summed E-state index contributed by atoms with van der Waals surface area (Å²) in [5.74, 6) is 0.624. The fourth-order valence-electron chi connectivity index (χ4n) is 3.28. The molecule has 3 rings (SSSR count). The molecule has 7 nitrogen and oxygen atoms in total. The molecule has 0 spiro atoms. The number of rotatable bonds is 3. The number of carbonyl (C=O) groups is 2. The first-order chi connectivity index (χ1) is 11.7. The zero-order chi connectivity index (χ0) is 16.8. The van der Waals surface area contributed by atoms with Gasteiger partial charge in [-0.15, -0.1) is 0 Å². The van der Waals surface area contributed by atoms with Crippen LogP contribution in [0.3, 0.4) is 0 Å². The monoisotopic (exact) mass is 331 g/mol. The topological polar surface area (TPSA) is 69.6 Å². The van der Waals surface area contributed by atoms with E-state index >= 15 is 0 Å². The molecule has 130 valence electrons. The van der Waals surface area contributed by atoms with Crippen molar-refractivity contribution in [3.8, 4) is 0 Å². The van der Waals surface area contributed by atoms with Gasteiger partial charge in [0.15, 0.2) is 0 Å². The van der Waals surface area contributed by atoms with E-state index in [9.17, 15) is 9.59 Å². The number of carbonyl (C=O) groups excluding carboxylic acids is 2. The van der Waals surface area contributed by atoms with E-state index in [2.05, 4.69) is 14.9 Å². The van der Waals surface area contributed by atoms with Crippen LogP contribution in [0.1, 0.15) is 32.1 Å². The van der Waals surface area contributed by atoms with Gasteiger partial charge in [0, 0.05) is 51.7 Å². The van der Waals surface area contributed by atoms with E-state index in [-0.39, 0.29) is 18.2 Å². The number of aromatic nitrogens is 2. The summed E-state index contributed by atoms with van der Waals surface area (Å²) in [6.07, 6.45) is 7.91. The van der Waals surface area contributed by atoms with E-state index in [4.69, 9.17) is 0 Å². The third kappa shape index (κ3) is 4.21. The van der Waals surface area contributed by atoms with Crippen molar-refractivity contribution < 1.29 is 9.59 Å². The SMILES string of the molecule is O=C(CC(=O)N1CCN(c2ncccn2)CC1)N1CCCCCC1. The molecule has 1 aromatic heterocycles. The van der Waals surface area contributed by atoms with Crippen LogP contribution in [0.4, 0.5) is 5.95 Å². The largest absolute Gasteiger partial charge is 0.342 e. The van der Waals surface area contributed by atoms with Crippen molar-refractivity contribution in [1.82, 2.24) is 19.8 Å². The Hall–Kier alpha value is -2.18. The molecule has 0 aromatic carbocycles. The van der Waals surface area contributed by atoms with Crippen molar-refractivity contribution in [2.45, 2.75) is 32.1 Å². The summed E-state index contributed by atoms with van der Waals surface area (Å²) in [7, 11) is 0. The van der Waals surface area contributed by atoms with Crippen LogP contribution < -0.4 is 4.90 Å². The second-order valence-corrected chi connectivity index (χ2v) is 6.39. The summed E-state index contributed by atoms with van der Waals surface area (Å²) in [5, 5.41) is 0. The number of anilines is 1. The predicted molar refractivity (Wildman–Crippen MR) is 90.5 cm³/mol. The Labute approximate surface area is 142 Å². The average Bonchev–Trinajstić information content (AvgIpc) is 2.92. The highest BCUT2D eigenvalue weighted by atomic mass is 16.2. The van der Waals surface area contributed by atoms with Crippen molar-refractivity contribution in [3.63, 3.8) is 0 Å². The lowest BCUT2D eigenvalue weighted by Crippen LogP contribution is -2.50. The maximum absolute atomic E-state index is 12.4. The molecular weight excluding hydrogens is 306 g/mol. The molecule has 2 fully saturated rings. The summed E-state index contributed by atoms with van der Waals surface area (Å²) < 4.78 is 0. The van der Waals surface area contributed by atoms with Crippen molar-refractivity contribution in [2.75, 3.05) is 44.2 Å². The van der Waals surface area contributed by atoms with Gasteiger partial charge in [-0.3, -0.25) is 9.59 Å². The standard InChI is InChI=1S/C17H25N5O2/c23-15(20-8-3-1-2-4-9-20)14-16(24)21-10-12-22(13-11-21)17-18-6-5-7-19-17/h5-7H,1-4,8-14H2. The number of hydrogen-bond donors (Lipinski definition) is 0. The number of amides is 2. The van der Waals surface area contributed by atoms with Crippen LogP contribution >= 0.6 is 0 Å². The van der Waals surface area contributed by atoms with Gasteiger partial charge in [-0.05, 0) is 18.9 Å². The van der Waals surface area contributed by atoms with Gasteiger partial charge in [0.1, 0.15) is 6.42 Å². The first-order valence-electron chi connectivity index (χ1n) is 8.81. The van der Waals surface area contributed by atoms with Gasteiger partial charge in [0.25, 0.3) is 0 Å². The molecule has 3 heterocycles. The Morgan fingerprint density at radius 1 is 0.792 bits per heavy atom. The molecule has 0 saturated carbocycles. The summed E-state index contributed by atoms with van der Waals surface area (Å²) >= 11 is 0. The van der Waals surface area contributed by atoms with Gasteiger partial charge >= 0.3 is 0 Å². The molecule has 2 aliphatic rings. The second kappa shape index (κ2) is 8.08. The van der Waals surface area contributed by atoms with Gasteiger partial charge in [0.2, 0.25) is 17.8 Å². The fourth-order valence-corrected chi connectivity index (χ4v) is 3.28. The van der Waals surface area contributed by atoms with Gasteiger partial charge in [-0.1, -0.05) is 12.8 Å². The number of likely N-dealkylation sites (tertiary alicyclic amines) is 1. The number of piperazine rings is 1. The highest BCUT2D eigenvalue weighted by Crippen LogP contribution is 2.13. The average molecular weight is 331 g/mol. The van der Waals surface area contributed by atoms with Gasteiger partial charge in [0.05, 0.1) is 0 Å². The molecule has 0 atom stereocenters. The first-order valence-corrected chi connectivity index (χ1v) is 8.81. The lowest BCUT2D eigenvalue weighted by atomic mass is 10.2. The van der Waals surface area contributed by atoms with Crippen molar-refractivity contribution in [1.29, 1.82) is 0 Å². The maximum atomic E-state index is 12.4. The minimum atomic E-state index is -0.0575. The zero-order valence-electron chi connectivity index (χ0n) is 14.1. The van der Waals surface area contributed by atoms with E-state index in [0.29, 0.717) is 32.1 Å². The number of hydrogen-bond acceptors (Lipinski definition) is 5. The van der Waals surface area contributed by atoms with Gasteiger partial charge in [-0.25, -0.2) is 9.97 Å². The van der Waals surface area contributed by atoms with Crippen LogP contribution in [0, 0.1) is 0 Å². The lowest BCUT2D eigenvalue weighted by molar-refractivity contribution is -0.140. The van der Waals surface area contributed by atoms with Crippen LogP contribution in [0.2, 0.25) is 0 Å². The van der Waals surface area contributed by atoms with E-state index in [1.54, 1.807) is 23.4 Å². The van der Waals surface area contributed by atoms with E-state index < -0.39 is 0 Å². The quantitative estimate of drug-likeness (QED) is 0.770. The third-order valence-electron chi connectivity index (χ3n) is 4.73. The van der Waals surface area contributed by atoms with Crippen molar-refractivity contribution in [3.05, 3.63) is 18.5 Å². The summed E-state index contributed by atoms with van der Waals surface area (Å²) in [6, 6.07) is 1.79. The molecule has 0 aliphatic carbocycles. The second-order valence-electron chi connectivity index (χ2n) is 6.39. The summed E-state index contributed by atoms with van der Waals surface area (Å²) in [4.78, 5) is 38.9. The first kappa shape index (κ1) is 16.7. The van der Waals surface area contributed by atoms with E-state index in [0.717, 1.165) is 25.9 Å². The highest BCUT2D eigenvalue weighted by molar-refractivity contribution is 5.97. The third-order valence-corrected chi connectivity index (χ3v) is 4.73. The molecule has 1 aromatic rings. The molecule has 2 amide bonds. The Balaban J connectivity index is 1.47. The fraction of sp³-hybridized carbons (Fsp3) is 0.647. The zero-order valence-corrected chi connectivity index (χ0v) is 14.1. The molecule has 24 heavy (non-hydrogen) atoms. The van der Waals surface area contributed by atoms with Gasteiger partial charge < -0.3 is 14.7 Å². The Morgan fingerprint density at radius 3 is 1.92 bits per heavy atom. The normalized spacial score (nSPS) is 19.1. The molecule has 0 radical (unpaired) electrons. The molecule has 7 heteroatoms. The highest BCUT2D eigenvalue weighted by Gasteiger charge is 2.25. The van der Waals surface area contributed by atoms with Crippen LogP contribution in [-0.2, 0) is 9.59 Å². The van der Waals surface area contributed by atoms with Crippen LogP contribution in [0.15, 0.2) is 18.5 Å². The van der Waals surface area contributed by atoms with E-state index in [1.807, 2.05) is 4.90 Å². The summed E-state index contributed by atoms with van der Waals surface area (Å²) in [6.45, 7) is 4.23. The maximum Gasteiger partial charge on any atom is 0.232 e. The summed E-state index contributed by atoms with van der Waals surface area (Å²) in [5.41, 5.74) is 0. The minimum absolute atomic E-state index is 0.00182. The Morgan fingerprint density at radius 2 is 1.33 bits per heavy atom. The predicted octanol–water partition coefficient (Wildman–Crippen LogP) is 0.918. The number of nitrogens with zero attached hydrogens (tertiary/aromatic N) is 5. The molecular formula is C17H25N5O2. The Bertz CT molecular complexity index is 549. The Kier molecular flexibility index (Phi) is 5.61. The van der Waals surface area contributed by atoms with Crippen molar-refractivity contribution >= 4 is 17.8 Å². The van der Waals surface area contributed by atoms with Crippen molar-refractivity contribution in [2.24, 2.45) is 0 Å². The van der Waals surface area contributed by atoms with Crippen LogP contribution in [-0.4, -0.2) is 70.9 Å². The van der Waals surface area contributed by atoms with Crippen LogP contribution in [0.25, 0.3) is 0 Å².